The van der Waals surface area contributed by atoms with E-state index in [1.165, 1.54) is 124 Å². The van der Waals surface area contributed by atoms with Crippen LogP contribution >= 0.6 is 22.7 Å². The number of aryl methyl sites for hydroxylation is 2. The molecule has 0 saturated carbocycles. The summed E-state index contributed by atoms with van der Waals surface area (Å²) in [6.07, 6.45) is 18.1. The number of hydrogen-bond acceptors (Lipinski definition) is 2. The maximum absolute atomic E-state index is 3.36. The van der Waals surface area contributed by atoms with Gasteiger partial charge in [0, 0.05) is 31.3 Å². The number of thiophene rings is 2. The molecule has 5 aromatic rings. The molecule has 0 aliphatic carbocycles. The van der Waals surface area contributed by atoms with Gasteiger partial charge in [0.1, 0.15) is 0 Å². The lowest BCUT2D eigenvalue weighted by molar-refractivity contribution is 0.544. The Morgan fingerprint density at radius 3 is 1.69 bits per heavy atom. The van der Waals surface area contributed by atoms with Gasteiger partial charge in [-0.2, -0.15) is 0 Å². The molecule has 0 bridgehead atoms. The number of hydrogen-bond donors (Lipinski definition) is 0. The Morgan fingerprint density at radius 1 is 0.538 bits per heavy atom. The van der Waals surface area contributed by atoms with Crippen LogP contribution in [0.2, 0.25) is 0 Å². The Labute approximate surface area is 243 Å². The molecule has 0 spiro atoms. The van der Waals surface area contributed by atoms with Crippen LogP contribution in [0.5, 0.6) is 0 Å². The van der Waals surface area contributed by atoms with Crippen molar-refractivity contribution in [1.29, 1.82) is 0 Å². The monoisotopic (exact) mass is 550 g/mol. The Morgan fingerprint density at radius 2 is 1.05 bits per heavy atom. The van der Waals surface area contributed by atoms with E-state index in [9.17, 15) is 0 Å². The van der Waals surface area contributed by atoms with Crippen molar-refractivity contribution in [1.82, 2.24) is 0 Å². The topological polar surface area (TPSA) is 0 Å². The molecule has 0 fully saturated rings. The highest BCUT2D eigenvalue weighted by Gasteiger charge is 2.12. The van der Waals surface area contributed by atoms with Gasteiger partial charge in [0.25, 0.3) is 0 Å². The van der Waals surface area contributed by atoms with Crippen LogP contribution in [0, 0.1) is 18.8 Å². The molecule has 0 nitrogen and oxygen atoms in total. The molecule has 39 heavy (non-hydrogen) atoms. The summed E-state index contributed by atoms with van der Waals surface area (Å²) in [5.74, 6) is 6.68. The zero-order valence-electron chi connectivity index (χ0n) is 23.8. The van der Waals surface area contributed by atoms with Crippen LogP contribution in [0.3, 0.4) is 0 Å². The summed E-state index contributed by atoms with van der Waals surface area (Å²) >= 11 is 3.89. The van der Waals surface area contributed by atoms with Gasteiger partial charge >= 0.3 is 0 Å². The third kappa shape index (κ3) is 7.53. The number of rotatable bonds is 13. The van der Waals surface area contributed by atoms with E-state index >= 15 is 0 Å². The Kier molecular flexibility index (Phi) is 10.1. The van der Waals surface area contributed by atoms with E-state index in [4.69, 9.17) is 0 Å². The van der Waals surface area contributed by atoms with Gasteiger partial charge in [0.2, 0.25) is 0 Å². The maximum atomic E-state index is 3.36. The molecule has 0 radical (unpaired) electrons. The van der Waals surface area contributed by atoms with Crippen LogP contribution in [0.4, 0.5) is 0 Å². The second kappa shape index (κ2) is 14.2. The molecule has 0 N–H and O–H groups in total. The molecule has 2 aromatic heterocycles. The molecule has 0 unspecified atom stereocenters. The summed E-state index contributed by atoms with van der Waals surface area (Å²) in [5.41, 5.74) is 4.93. The zero-order valence-corrected chi connectivity index (χ0v) is 25.4. The SMILES string of the molecule is CCCCCCCCCCCCCCc1ccc2c(c1)sc1c3ccc(C#Cc4ccc(C)cc4)cc3sc21. The summed E-state index contributed by atoms with van der Waals surface area (Å²) < 4.78 is 5.66. The van der Waals surface area contributed by atoms with Gasteiger partial charge in [0.05, 0.1) is 9.40 Å². The molecule has 0 saturated heterocycles. The molecule has 202 valence electrons. The highest BCUT2D eigenvalue weighted by molar-refractivity contribution is 7.36. The summed E-state index contributed by atoms with van der Waals surface area (Å²) in [6, 6.07) is 22.4. The van der Waals surface area contributed by atoms with E-state index in [1.54, 1.807) is 0 Å². The van der Waals surface area contributed by atoms with Gasteiger partial charge < -0.3 is 0 Å². The van der Waals surface area contributed by atoms with Gasteiger partial charge in [0.15, 0.2) is 0 Å². The second-order valence-corrected chi connectivity index (χ2v) is 13.3. The first-order chi connectivity index (χ1) is 19.2. The van der Waals surface area contributed by atoms with Crippen LogP contribution in [0.25, 0.3) is 29.6 Å². The third-order valence-electron chi connectivity index (χ3n) is 7.87. The van der Waals surface area contributed by atoms with Gasteiger partial charge in [-0.25, -0.2) is 0 Å². The molecule has 0 aliphatic heterocycles. The lowest BCUT2D eigenvalue weighted by atomic mass is 10.0. The van der Waals surface area contributed by atoms with Crippen molar-refractivity contribution < 1.29 is 0 Å². The lowest BCUT2D eigenvalue weighted by Gasteiger charge is -2.04. The largest absolute Gasteiger partial charge is 0.134 e. The van der Waals surface area contributed by atoms with Gasteiger partial charge in [-0.3, -0.25) is 0 Å². The highest BCUT2D eigenvalue weighted by Crippen LogP contribution is 2.44. The van der Waals surface area contributed by atoms with Crippen LogP contribution < -0.4 is 0 Å². The van der Waals surface area contributed by atoms with Crippen LogP contribution in [0.1, 0.15) is 106 Å². The van der Waals surface area contributed by atoms with Crippen molar-refractivity contribution in [2.24, 2.45) is 0 Å². The minimum absolute atomic E-state index is 1.07. The minimum Gasteiger partial charge on any atom is -0.134 e. The van der Waals surface area contributed by atoms with Crippen molar-refractivity contribution in [2.75, 3.05) is 0 Å². The smallest absolute Gasteiger partial charge is 0.0542 e. The predicted molar refractivity (Wildman–Crippen MR) is 177 cm³/mol. The van der Waals surface area contributed by atoms with Crippen LogP contribution in [-0.2, 0) is 6.42 Å². The lowest BCUT2D eigenvalue weighted by Crippen LogP contribution is -1.86. The number of fused-ring (bicyclic) bond motifs is 5. The maximum Gasteiger partial charge on any atom is 0.0542 e. The third-order valence-corrected chi connectivity index (χ3v) is 10.4. The summed E-state index contributed by atoms with van der Waals surface area (Å²) in [4.78, 5) is 0. The molecule has 3 aromatic carbocycles. The first kappa shape index (κ1) is 27.9. The van der Waals surface area contributed by atoms with E-state index in [1.807, 2.05) is 22.7 Å². The Bertz CT molecular complexity index is 1550. The van der Waals surface area contributed by atoms with E-state index in [0.717, 1.165) is 11.1 Å². The van der Waals surface area contributed by atoms with Gasteiger partial charge in [-0.05, 0) is 55.7 Å². The molecule has 5 rings (SSSR count). The molecule has 0 aliphatic rings. The molecule has 0 atom stereocenters. The fourth-order valence-electron chi connectivity index (χ4n) is 5.48. The normalized spacial score (nSPS) is 11.4. The molecular formula is C37H42S2. The molecule has 2 heterocycles. The Balaban J connectivity index is 1.13. The van der Waals surface area contributed by atoms with Crippen molar-refractivity contribution in [3.8, 4) is 11.8 Å². The summed E-state index contributed by atoms with van der Waals surface area (Å²) in [6.45, 7) is 4.41. The fraction of sp³-hybridized carbons (Fsp3) is 0.405. The number of unbranched alkanes of at least 4 members (excludes halogenated alkanes) is 11. The molecular weight excluding hydrogens is 509 g/mol. The summed E-state index contributed by atoms with van der Waals surface area (Å²) in [7, 11) is 0. The molecule has 2 heteroatoms. The minimum atomic E-state index is 1.07. The average Bonchev–Trinajstić information content (AvgIpc) is 3.48. The summed E-state index contributed by atoms with van der Waals surface area (Å²) in [5, 5.41) is 2.79. The molecule has 0 amide bonds. The van der Waals surface area contributed by atoms with E-state index in [-0.39, 0.29) is 0 Å². The van der Waals surface area contributed by atoms with E-state index in [2.05, 4.69) is 86.4 Å². The predicted octanol–water partition coefficient (Wildman–Crippen LogP) is 12.2. The van der Waals surface area contributed by atoms with Gasteiger partial charge in [-0.15, -0.1) is 22.7 Å². The van der Waals surface area contributed by atoms with E-state index in [0.29, 0.717) is 0 Å². The number of benzene rings is 3. The highest BCUT2D eigenvalue weighted by atomic mass is 32.1. The first-order valence-corrected chi connectivity index (χ1v) is 16.8. The quantitative estimate of drug-likeness (QED) is 0.101. The zero-order chi connectivity index (χ0) is 26.9. The first-order valence-electron chi connectivity index (χ1n) is 15.2. The van der Waals surface area contributed by atoms with Crippen LogP contribution in [-0.4, -0.2) is 0 Å². The fourth-order valence-corrected chi connectivity index (χ4v) is 8.24. The van der Waals surface area contributed by atoms with Gasteiger partial charge in [-0.1, -0.05) is 125 Å². The van der Waals surface area contributed by atoms with Crippen LogP contribution in [0.15, 0.2) is 60.7 Å². The Hall–Kier alpha value is -2.60. The van der Waals surface area contributed by atoms with Crippen molar-refractivity contribution in [3.63, 3.8) is 0 Å². The van der Waals surface area contributed by atoms with Crippen molar-refractivity contribution >= 4 is 52.2 Å². The van der Waals surface area contributed by atoms with E-state index < -0.39 is 0 Å². The average molecular weight is 551 g/mol. The van der Waals surface area contributed by atoms with Crippen molar-refractivity contribution in [2.45, 2.75) is 97.3 Å². The van der Waals surface area contributed by atoms with Crippen molar-refractivity contribution in [3.05, 3.63) is 82.9 Å². The second-order valence-electron chi connectivity index (χ2n) is 11.2. The standard InChI is InChI=1S/C37H42S2/c1-3-4-5-6-7-8-9-10-11-12-13-14-15-30-22-24-32-34(26-30)38-37-33-25-23-31(27-35(33)39-36(32)37)21-20-29-18-16-28(2)17-19-29/h16-19,22-27H,3-15H2,1-2H3.